The van der Waals surface area contributed by atoms with Gasteiger partial charge in [0.2, 0.25) is 12.5 Å². The third-order valence-electron chi connectivity index (χ3n) is 5.01. The van der Waals surface area contributed by atoms with Gasteiger partial charge in [0.25, 0.3) is 0 Å². The second kappa shape index (κ2) is 6.84. The van der Waals surface area contributed by atoms with Crippen molar-refractivity contribution in [3.63, 3.8) is 0 Å². The quantitative estimate of drug-likeness (QED) is 0.516. The van der Waals surface area contributed by atoms with Gasteiger partial charge in [0, 0.05) is 30.8 Å². The minimum Gasteiger partial charge on any atom is -0.492 e. The van der Waals surface area contributed by atoms with E-state index in [0.717, 1.165) is 24.3 Å². The van der Waals surface area contributed by atoms with Gasteiger partial charge < -0.3 is 19.4 Å². The Hall–Kier alpha value is -2.80. The number of hydrogen-bond acceptors (Lipinski definition) is 7. The lowest BCUT2D eigenvalue weighted by atomic mass is 9.88. The molecule has 0 bridgehead atoms. The standard InChI is InChI=1S/C19H21N3O4/c1-22-8-6-12-9-16-18(26-11-25-16)19(24-2)17(12)15(22)10-14(21-23)13-5-3-4-7-20-13/h3-5,7,9,15,23H,6,8,10-11H2,1-2H3/b21-14+/t15-/m1/s1. The summed E-state index contributed by atoms with van der Waals surface area (Å²) >= 11 is 0. The summed E-state index contributed by atoms with van der Waals surface area (Å²) in [6, 6.07) is 7.58. The highest BCUT2D eigenvalue weighted by molar-refractivity contribution is 5.99. The molecule has 0 radical (unpaired) electrons. The molecule has 1 aromatic carbocycles. The monoisotopic (exact) mass is 355 g/mol. The van der Waals surface area contributed by atoms with E-state index < -0.39 is 0 Å². The summed E-state index contributed by atoms with van der Waals surface area (Å²) in [6.07, 6.45) is 3.09. The predicted octanol–water partition coefficient (Wildman–Crippen LogP) is 2.62. The number of benzene rings is 1. The molecule has 2 aliphatic heterocycles. The number of hydrogen-bond donors (Lipinski definition) is 1. The number of methoxy groups -OCH3 is 1. The van der Waals surface area contributed by atoms with E-state index in [1.165, 1.54) is 5.56 Å². The minimum atomic E-state index is -0.0175. The highest BCUT2D eigenvalue weighted by atomic mass is 16.7. The van der Waals surface area contributed by atoms with Crippen molar-refractivity contribution in [2.45, 2.75) is 18.9 Å². The Kier molecular flexibility index (Phi) is 4.38. The van der Waals surface area contributed by atoms with Crippen LogP contribution in [0.15, 0.2) is 35.6 Å². The molecule has 3 heterocycles. The number of aromatic nitrogens is 1. The third kappa shape index (κ3) is 2.74. The van der Waals surface area contributed by atoms with E-state index in [0.29, 0.717) is 29.3 Å². The summed E-state index contributed by atoms with van der Waals surface area (Å²) in [5.41, 5.74) is 3.43. The SMILES string of the molecule is COc1c2c(cc3c1[C@@H](C/C(=N\O)c1ccccn1)N(C)CC3)OCO2. The van der Waals surface area contributed by atoms with E-state index in [-0.39, 0.29) is 12.8 Å². The van der Waals surface area contributed by atoms with Crippen LogP contribution in [0.4, 0.5) is 0 Å². The van der Waals surface area contributed by atoms with Crippen LogP contribution in [0.1, 0.15) is 29.3 Å². The molecule has 0 saturated carbocycles. The summed E-state index contributed by atoms with van der Waals surface area (Å²) in [4.78, 5) is 6.55. The molecule has 7 heteroatoms. The first-order valence-electron chi connectivity index (χ1n) is 8.55. The first-order chi connectivity index (χ1) is 12.7. The average Bonchev–Trinajstić information content (AvgIpc) is 3.14. The van der Waals surface area contributed by atoms with Gasteiger partial charge in [-0.1, -0.05) is 11.2 Å². The van der Waals surface area contributed by atoms with Crippen molar-refractivity contribution >= 4 is 5.71 Å². The summed E-state index contributed by atoms with van der Waals surface area (Å²) in [5.74, 6) is 2.07. The molecule has 2 aromatic rings. The smallest absolute Gasteiger partial charge is 0.231 e. The van der Waals surface area contributed by atoms with Crippen molar-refractivity contribution in [3.8, 4) is 17.2 Å². The first-order valence-corrected chi connectivity index (χ1v) is 8.55. The Morgan fingerprint density at radius 3 is 3.04 bits per heavy atom. The van der Waals surface area contributed by atoms with Crippen LogP contribution in [-0.4, -0.2) is 48.3 Å². The lowest BCUT2D eigenvalue weighted by Gasteiger charge is -2.35. The number of ether oxygens (including phenoxy) is 3. The van der Waals surface area contributed by atoms with Crippen LogP contribution in [0.3, 0.4) is 0 Å². The zero-order valence-electron chi connectivity index (χ0n) is 14.8. The van der Waals surface area contributed by atoms with E-state index in [4.69, 9.17) is 14.2 Å². The summed E-state index contributed by atoms with van der Waals surface area (Å²) in [6.45, 7) is 1.09. The van der Waals surface area contributed by atoms with Crippen molar-refractivity contribution in [2.24, 2.45) is 5.16 Å². The minimum absolute atomic E-state index is 0.0175. The number of pyridine rings is 1. The van der Waals surface area contributed by atoms with Gasteiger partial charge in [-0.05, 0) is 37.2 Å². The van der Waals surface area contributed by atoms with E-state index in [2.05, 4.69) is 22.1 Å². The average molecular weight is 355 g/mol. The molecule has 0 unspecified atom stereocenters. The molecule has 1 aromatic heterocycles. The van der Waals surface area contributed by atoms with Gasteiger partial charge in [-0.15, -0.1) is 0 Å². The maximum absolute atomic E-state index is 9.58. The summed E-state index contributed by atoms with van der Waals surface area (Å²) < 4.78 is 16.9. The molecule has 2 aliphatic rings. The van der Waals surface area contributed by atoms with Crippen LogP contribution in [0, 0.1) is 0 Å². The van der Waals surface area contributed by atoms with Crippen LogP contribution in [0.2, 0.25) is 0 Å². The van der Waals surface area contributed by atoms with E-state index in [9.17, 15) is 5.21 Å². The molecule has 0 spiro atoms. The van der Waals surface area contributed by atoms with Gasteiger partial charge in [-0.3, -0.25) is 9.88 Å². The van der Waals surface area contributed by atoms with Crippen LogP contribution >= 0.6 is 0 Å². The van der Waals surface area contributed by atoms with Gasteiger partial charge in [0.05, 0.1) is 12.8 Å². The highest BCUT2D eigenvalue weighted by Gasteiger charge is 2.34. The predicted molar refractivity (Wildman–Crippen MR) is 95.4 cm³/mol. The fourth-order valence-electron chi connectivity index (χ4n) is 3.70. The maximum Gasteiger partial charge on any atom is 0.231 e. The molecule has 0 aliphatic carbocycles. The largest absolute Gasteiger partial charge is 0.492 e. The molecule has 1 N–H and O–H groups in total. The van der Waals surface area contributed by atoms with Crippen LogP contribution in [-0.2, 0) is 6.42 Å². The fourth-order valence-corrected chi connectivity index (χ4v) is 3.70. The summed E-state index contributed by atoms with van der Waals surface area (Å²) in [5, 5.41) is 13.1. The molecule has 0 fully saturated rings. The zero-order valence-corrected chi connectivity index (χ0v) is 14.8. The van der Waals surface area contributed by atoms with Crippen molar-refractivity contribution in [1.29, 1.82) is 0 Å². The lowest BCUT2D eigenvalue weighted by molar-refractivity contribution is 0.170. The van der Waals surface area contributed by atoms with E-state index in [1.54, 1.807) is 13.3 Å². The molecule has 0 amide bonds. The van der Waals surface area contributed by atoms with Gasteiger partial charge in [-0.25, -0.2) is 0 Å². The molecular weight excluding hydrogens is 334 g/mol. The molecule has 4 rings (SSSR count). The van der Waals surface area contributed by atoms with Gasteiger partial charge in [-0.2, -0.15) is 0 Å². The van der Waals surface area contributed by atoms with Gasteiger partial charge in [0.1, 0.15) is 5.71 Å². The van der Waals surface area contributed by atoms with Crippen molar-refractivity contribution in [3.05, 3.63) is 47.3 Å². The molecule has 26 heavy (non-hydrogen) atoms. The zero-order chi connectivity index (χ0) is 18.1. The first kappa shape index (κ1) is 16.7. The number of rotatable bonds is 4. The number of nitrogens with zero attached hydrogens (tertiary/aromatic N) is 3. The number of likely N-dealkylation sites (N-methyl/N-ethyl adjacent to an activating group) is 1. The second-order valence-electron chi connectivity index (χ2n) is 6.43. The Labute approximate surface area is 151 Å². The van der Waals surface area contributed by atoms with Crippen LogP contribution in [0.5, 0.6) is 17.2 Å². The Bertz CT molecular complexity index is 838. The molecular formula is C19H21N3O4. The van der Waals surface area contributed by atoms with Crippen molar-refractivity contribution in [2.75, 3.05) is 27.5 Å². The van der Waals surface area contributed by atoms with Crippen LogP contribution < -0.4 is 14.2 Å². The maximum atomic E-state index is 9.58. The fraction of sp³-hybridized carbons (Fsp3) is 0.368. The van der Waals surface area contributed by atoms with Crippen molar-refractivity contribution in [1.82, 2.24) is 9.88 Å². The van der Waals surface area contributed by atoms with E-state index >= 15 is 0 Å². The van der Waals surface area contributed by atoms with Crippen LogP contribution in [0.25, 0.3) is 0 Å². The van der Waals surface area contributed by atoms with Gasteiger partial charge >= 0.3 is 0 Å². The lowest BCUT2D eigenvalue weighted by Crippen LogP contribution is -2.34. The molecule has 0 saturated heterocycles. The Balaban J connectivity index is 1.76. The Morgan fingerprint density at radius 2 is 2.31 bits per heavy atom. The number of oxime groups is 1. The molecule has 136 valence electrons. The van der Waals surface area contributed by atoms with E-state index in [1.807, 2.05) is 24.3 Å². The normalized spacial score (nSPS) is 19.3. The second-order valence-corrected chi connectivity index (χ2v) is 6.43. The van der Waals surface area contributed by atoms with Crippen molar-refractivity contribution < 1.29 is 19.4 Å². The third-order valence-corrected chi connectivity index (χ3v) is 5.01. The highest BCUT2D eigenvalue weighted by Crippen LogP contribution is 2.50. The van der Waals surface area contributed by atoms with Gasteiger partial charge in [0.15, 0.2) is 11.5 Å². The summed E-state index contributed by atoms with van der Waals surface area (Å²) in [7, 11) is 3.70. The topological polar surface area (TPSA) is 76.4 Å². The molecule has 7 nitrogen and oxygen atoms in total. The molecule has 1 atom stereocenters. The number of fused-ring (bicyclic) bond motifs is 2. The Morgan fingerprint density at radius 1 is 1.42 bits per heavy atom.